The van der Waals surface area contributed by atoms with Gasteiger partial charge in [-0.25, -0.2) is 9.97 Å². The Kier molecular flexibility index (Phi) is 5.39. The second kappa shape index (κ2) is 7.99. The van der Waals surface area contributed by atoms with Crippen LogP contribution in [0.2, 0.25) is 5.02 Å². The van der Waals surface area contributed by atoms with Crippen molar-refractivity contribution in [3.8, 4) is 11.3 Å². The molecular weight excluding hydrogens is 404 g/mol. The van der Waals surface area contributed by atoms with Gasteiger partial charge >= 0.3 is 0 Å². The molecule has 1 aromatic carbocycles. The number of ether oxygens (including phenoxy) is 1. The first-order valence-corrected chi connectivity index (χ1v) is 10.2. The summed E-state index contributed by atoms with van der Waals surface area (Å²) in [6.07, 6.45) is 5.34. The second-order valence-corrected chi connectivity index (χ2v) is 8.11. The van der Waals surface area contributed by atoms with Crippen molar-refractivity contribution in [3.63, 3.8) is 0 Å². The average Bonchev–Trinajstić information content (AvgIpc) is 2.73. The molecule has 0 saturated heterocycles. The summed E-state index contributed by atoms with van der Waals surface area (Å²) < 4.78 is 6.73. The Morgan fingerprint density at radius 1 is 1.33 bits per heavy atom. The molecule has 0 aliphatic carbocycles. The zero-order chi connectivity index (χ0) is 21.4. The molecule has 7 nitrogen and oxygen atoms in total. The van der Waals surface area contributed by atoms with E-state index < -0.39 is 0 Å². The van der Waals surface area contributed by atoms with Gasteiger partial charge in [0.2, 0.25) is 5.95 Å². The molecule has 0 spiro atoms. The van der Waals surface area contributed by atoms with Crippen molar-refractivity contribution < 1.29 is 9.84 Å². The van der Waals surface area contributed by atoms with E-state index in [0.29, 0.717) is 35.1 Å². The molecule has 0 fully saturated rings. The van der Waals surface area contributed by atoms with E-state index in [1.165, 1.54) is 12.5 Å². The van der Waals surface area contributed by atoms with Gasteiger partial charge in [-0.3, -0.25) is 4.79 Å². The van der Waals surface area contributed by atoms with Crippen LogP contribution in [0.15, 0.2) is 47.4 Å². The number of halogens is 1. The van der Waals surface area contributed by atoms with Crippen LogP contribution >= 0.6 is 11.6 Å². The Hall–Kier alpha value is -3.06. The summed E-state index contributed by atoms with van der Waals surface area (Å²) in [4.78, 5) is 21.4. The smallest absolute Gasteiger partial charge is 0.258 e. The minimum atomic E-state index is -0.319. The molecule has 0 bridgehead atoms. The number of aliphatic hydroxyl groups is 1. The molecule has 2 N–H and O–H groups in total. The van der Waals surface area contributed by atoms with E-state index in [2.05, 4.69) is 29.1 Å². The minimum absolute atomic E-state index is 0.0427. The summed E-state index contributed by atoms with van der Waals surface area (Å²) in [7, 11) is 1.76. The zero-order valence-corrected chi connectivity index (χ0v) is 17.8. The zero-order valence-electron chi connectivity index (χ0n) is 17.0. The second-order valence-electron chi connectivity index (χ2n) is 7.70. The van der Waals surface area contributed by atoms with Gasteiger partial charge in [-0.05, 0) is 29.0 Å². The summed E-state index contributed by atoms with van der Waals surface area (Å²) in [5.74, 6) is 0.704. The van der Waals surface area contributed by atoms with Gasteiger partial charge in [0.1, 0.15) is 12.0 Å². The number of fused-ring (bicyclic) bond motifs is 1. The van der Waals surface area contributed by atoms with Gasteiger partial charge in [-0.1, -0.05) is 31.5 Å². The third-order valence-electron chi connectivity index (χ3n) is 5.24. The highest BCUT2D eigenvalue weighted by atomic mass is 35.5. The third kappa shape index (κ3) is 3.73. The van der Waals surface area contributed by atoms with Crippen LogP contribution in [0.3, 0.4) is 0 Å². The van der Waals surface area contributed by atoms with Gasteiger partial charge < -0.3 is 19.7 Å². The van der Waals surface area contributed by atoms with Crippen LogP contribution in [-0.4, -0.2) is 32.3 Å². The quantitative estimate of drug-likeness (QED) is 0.643. The lowest BCUT2D eigenvalue weighted by molar-refractivity contribution is 0.182. The first-order valence-electron chi connectivity index (χ1n) is 9.78. The molecule has 30 heavy (non-hydrogen) atoms. The fourth-order valence-electron chi connectivity index (χ4n) is 3.61. The number of hydrogen-bond donors (Lipinski definition) is 2. The normalized spacial score (nSPS) is 16.4. The van der Waals surface area contributed by atoms with Crippen molar-refractivity contribution in [1.29, 1.82) is 0 Å². The molecule has 3 heterocycles. The van der Waals surface area contributed by atoms with E-state index in [4.69, 9.17) is 16.3 Å². The summed E-state index contributed by atoms with van der Waals surface area (Å²) >= 11 is 6.41. The maximum absolute atomic E-state index is 12.6. The van der Waals surface area contributed by atoms with Crippen LogP contribution < -0.4 is 10.9 Å². The monoisotopic (exact) mass is 426 g/mol. The minimum Gasteiger partial charge on any atom is -0.507 e. The Labute approximate surface area is 179 Å². The summed E-state index contributed by atoms with van der Waals surface area (Å²) in [6, 6.07) is 5.30. The van der Waals surface area contributed by atoms with Crippen LogP contribution in [0.1, 0.15) is 31.7 Å². The number of hydrogen-bond acceptors (Lipinski definition) is 6. The topological polar surface area (TPSA) is 89.3 Å². The van der Waals surface area contributed by atoms with Crippen molar-refractivity contribution in [3.05, 3.63) is 63.6 Å². The van der Waals surface area contributed by atoms with Crippen molar-refractivity contribution in [2.75, 3.05) is 11.9 Å². The van der Waals surface area contributed by atoms with Crippen LogP contribution in [0.4, 0.5) is 5.95 Å². The molecule has 1 aliphatic heterocycles. The third-order valence-corrected chi connectivity index (χ3v) is 5.52. The van der Waals surface area contributed by atoms with E-state index in [1.807, 2.05) is 24.4 Å². The van der Waals surface area contributed by atoms with Gasteiger partial charge in [0.15, 0.2) is 0 Å². The summed E-state index contributed by atoms with van der Waals surface area (Å²) in [5.41, 5.74) is 2.38. The van der Waals surface area contributed by atoms with E-state index in [1.54, 1.807) is 11.6 Å². The largest absolute Gasteiger partial charge is 0.507 e. The van der Waals surface area contributed by atoms with Crippen LogP contribution in [0.25, 0.3) is 22.0 Å². The Bertz CT molecular complexity index is 1200. The molecule has 2 aromatic heterocycles. The number of benzene rings is 1. The van der Waals surface area contributed by atoms with Crippen LogP contribution in [0.5, 0.6) is 0 Å². The molecule has 1 atom stereocenters. The molecule has 3 aromatic rings. The van der Waals surface area contributed by atoms with Gasteiger partial charge in [0, 0.05) is 30.6 Å². The standard InChI is InChI=1S/C22H23ClN4O3/c1-12(2)16-10-27(3)21(29)14-5-4-13(8-15(14)16)20-17(23)9-24-22(26-20)25-18-6-7-30-11-19(18)28/h4-5,8-12,18,28H,6-7H2,1-3H3,(H,24,25,26). The van der Waals surface area contributed by atoms with Gasteiger partial charge in [0.05, 0.1) is 29.6 Å². The molecule has 4 rings (SSSR count). The van der Waals surface area contributed by atoms with Gasteiger partial charge in [-0.15, -0.1) is 0 Å². The number of nitrogens with zero attached hydrogens (tertiary/aromatic N) is 3. The highest BCUT2D eigenvalue weighted by molar-refractivity contribution is 6.33. The summed E-state index contributed by atoms with van der Waals surface area (Å²) in [5, 5.41) is 15.1. The highest BCUT2D eigenvalue weighted by Gasteiger charge is 2.20. The van der Waals surface area contributed by atoms with Crippen molar-refractivity contribution in [1.82, 2.24) is 14.5 Å². The molecule has 1 unspecified atom stereocenters. The predicted molar refractivity (Wildman–Crippen MR) is 118 cm³/mol. The molecule has 1 aliphatic rings. The van der Waals surface area contributed by atoms with Crippen LogP contribution in [-0.2, 0) is 11.8 Å². The number of anilines is 1. The fraction of sp³-hybridized carbons (Fsp3) is 0.318. The Morgan fingerprint density at radius 2 is 2.13 bits per heavy atom. The van der Waals surface area contributed by atoms with Gasteiger partial charge in [-0.2, -0.15) is 0 Å². The molecular formula is C22H23ClN4O3. The number of nitrogens with one attached hydrogen (secondary N) is 1. The summed E-state index contributed by atoms with van der Waals surface area (Å²) in [6.45, 7) is 4.69. The Morgan fingerprint density at radius 3 is 2.87 bits per heavy atom. The number of aliphatic hydroxyl groups excluding tert-OH is 1. The molecule has 156 valence electrons. The molecule has 8 heteroatoms. The predicted octanol–water partition coefficient (Wildman–Crippen LogP) is 4.37. The van der Waals surface area contributed by atoms with Crippen LogP contribution in [0, 0.1) is 0 Å². The number of aryl methyl sites for hydroxylation is 1. The Balaban J connectivity index is 1.79. The van der Waals surface area contributed by atoms with E-state index in [9.17, 15) is 9.90 Å². The maximum Gasteiger partial charge on any atom is 0.258 e. The number of aromatic nitrogens is 3. The molecule has 0 amide bonds. The fourth-order valence-corrected chi connectivity index (χ4v) is 3.81. The van der Waals surface area contributed by atoms with Crippen molar-refractivity contribution in [2.24, 2.45) is 7.05 Å². The number of rotatable bonds is 4. The first kappa shape index (κ1) is 20.2. The lowest BCUT2D eigenvalue weighted by atomic mass is 9.96. The number of pyridine rings is 1. The van der Waals surface area contributed by atoms with E-state index in [0.717, 1.165) is 16.5 Å². The molecule has 0 radical (unpaired) electrons. The van der Waals surface area contributed by atoms with Crippen molar-refractivity contribution in [2.45, 2.75) is 32.2 Å². The average molecular weight is 427 g/mol. The lowest BCUT2D eigenvalue weighted by Crippen LogP contribution is -2.27. The van der Waals surface area contributed by atoms with Crippen molar-refractivity contribution >= 4 is 28.3 Å². The van der Waals surface area contributed by atoms with E-state index >= 15 is 0 Å². The van der Waals surface area contributed by atoms with Gasteiger partial charge in [0.25, 0.3) is 5.56 Å². The molecule has 0 saturated carbocycles. The first-order chi connectivity index (χ1) is 14.3. The lowest BCUT2D eigenvalue weighted by Gasteiger charge is -2.21. The van der Waals surface area contributed by atoms with E-state index in [-0.39, 0.29) is 23.3 Å². The maximum atomic E-state index is 12.6. The highest BCUT2D eigenvalue weighted by Crippen LogP contribution is 2.31. The SMILES string of the molecule is CC(C)c1cn(C)c(=O)c2ccc(-c3nc(NC4CCOC=C4O)ncc3Cl)cc12.